The average Bonchev–Trinajstić information content (AvgIpc) is 2.93. The number of fused-ring (bicyclic) bond motifs is 1. The summed E-state index contributed by atoms with van der Waals surface area (Å²) in [5.74, 6) is -0.741. The molecule has 9 heteroatoms. The minimum atomic E-state index is -1.19. The van der Waals surface area contributed by atoms with Gasteiger partial charge in [0.05, 0.1) is 18.3 Å². The number of benzene rings is 1. The topological polar surface area (TPSA) is 103 Å². The Morgan fingerprint density at radius 3 is 2.59 bits per heavy atom. The average molecular weight is 422 g/mol. The molecule has 0 aliphatic rings. The highest BCUT2D eigenvalue weighted by Gasteiger charge is 2.24. The molecule has 0 bridgehead atoms. The number of nitrogens with zero attached hydrogens (tertiary/aromatic N) is 2. The maximum Gasteiger partial charge on any atom is 0.328 e. The van der Waals surface area contributed by atoms with E-state index in [1.54, 1.807) is 10.7 Å². The van der Waals surface area contributed by atoms with Crippen LogP contribution in [0.1, 0.15) is 18.2 Å². The lowest BCUT2D eigenvalue weighted by Gasteiger charge is -2.15. The zero-order valence-corrected chi connectivity index (χ0v) is 19.0. The van der Waals surface area contributed by atoms with Crippen LogP contribution < -0.4 is 5.32 Å². The van der Waals surface area contributed by atoms with Crippen molar-refractivity contribution in [1.29, 1.82) is 0 Å². The summed E-state index contributed by atoms with van der Waals surface area (Å²) in [6, 6.07) is 3.66. The fourth-order valence-corrected chi connectivity index (χ4v) is 3.69. The minimum Gasteiger partial charge on any atom is -0.508 e. The Kier molecular flexibility index (Phi) is 7.42. The molecule has 29 heavy (non-hydrogen) atoms. The molecule has 2 aromatic rings. The summed E-state index contributed by atoms with van der Waals surface area (Å²) in [5, 5.41) is 18.1. The van der Waals surface area contributed by atoms with Crippen molar-refractivity contribution in [2.75, 3.05) is 13.7 Å². The van der Waals surface area contributed by atoms with Crippen LogP contribution >= 0.6 is 0 Å². The highest BCUT2D eigenvalue weighted by molar-refractivity contribution is 6.76. The van der Waals surface area contributed by atoms with Gasteiger partial charge in [-0.1, -0.05) is 19.6 Å². The van der Waals surface area contributed by atoms with Crippen LogP contribution in [0.25, 0.3) is 10.9 Å². The molecular formula is C20H31N3O5Si. The van der Waals surface area contributed by atoms with E-state index in [1.807, 2.05) is 13.0 Å². The Labute approximate surface area is 172 Å². The molecule has 0 spiro atoms. The molecule has 1 atom stereocenters. The van der Waals surface area contributed by atoms with Crippen LogP contribution in [-0.2, 0) is 32.2 Å². The molecule has 1 aromatic carbocycles. The lowest BCUT2D eigenvalue weighted by Crippen LogP contribution is -2.42. The summed E-state index contributed by atoms with van der Waals surface area (Å²) in [5.41, 5.74) is 2.10. The zero-order valence-electron chi connectivity index (χ0n) is 18.0. The summed E-state index contributed by atoms with van der Waals surface area (Å²) in [4.78, 5) is 23.6. The first-order chi connectivity index (χ1) is 13.5. The minimum absolute atomic E-state index is 0.145. The van der Waals surface area contributed by atoms with Crippen molar-refractivity contribution < 1.29 is 24.2 Å². The number of aryl methyl sites for hydroxylation is 1. The van der Waals surface area contributed by atoms with E-state index in [4.69, 9.17) is 9.47 Å². The quantitative estimate of drug-likeness (QED) is 0.366. The van der Waals surface area contributed by atoms with Gasteiger partial charge in [-0.25, -0.2) is 9.48 Å². The predicted molar refractivity (Wildman–Crippen MR) is 114 cm³/mol. The summed E-state index contributed by atoms with van der Waals surface area (Å²) in [6.07, 6.45) is 0.146. The molecule has 0 aliphatic carbocycles. The second-order valence-corrected chi connectivity index (χ2v) is 14.1. The van der Waals surface area contributed by atoms with Gasteiger partial charge in [0, 0.05) is 33.4 Å². The SMILES string of the molecule is COC(=O)C(Cc1nn(COCC[Si](C)(C)C)c2cc(C)c(O)cc12)NC(C)=O. The van der Waals surface area contributed by atoms with Gasteiger partial charge in [-0.05, 0) is 30.7 Å². The van der Waals surface area contributed by atoms with E-state index in [0.717, 1.165) is 17.1 Å². The summed E-state index contributed by atoms with van der Waals surface area (Å²) >= 11 is 0. The van der Waals surface area contributed by atoms with Gasteiger partial charge >= 0.3 is 5.97 Å². The third-order valence-electron chi connectivity index (χ3n) is 4.62. The first-order valence-corrected chi connectivity index (χ1v) is 13.3. The molecule has 1 heterocycles. The molecule has 160 valence electrons. The third kappa shape index (κ3) is 6.30. The van der Waals surface area contributed by atoms with Crippen molar-refractivity contribution in [3.05, 3.63) is 23.4 Å². The molecular weight excluding hydrogens is 390 g/mol. The van der Waals surface area contributed by atoms with E-state index in [-0.39, 0.29) is 24.8 Å². The largest absolute Gasteiger partial charge is 0.508 e. The van der Waals surface area contributed by atoms with Crippen LogP contribution in [0.5, 0.6) is 5.75 Å². The number of phenolic OH excluding ortho intramolecular Hbond substituents is 1. The van der Waals surface area contributed by atoms with Crippen LogP contribution in [0, 0.1) is 6.92 Å². The Morgan fingerprint density at radius 2 is 2.00 bits per heavy atom. The number of nitrogens with one attached hydrogen (secondary N) is 1. The molecule has 0 radical (unpaired) electrons. The van der Waals surface area contributed by atoms with Gasteiger partial charge < -0.3 is 19.9 Å². The van der Waals surface area contributed by atoms with Gasteiger partial charge in [0.25, 0.3) is 0 Å². The fraction of sp³-hybridized carbons (Fsp3) is 0.550. The number of ether oxygens (including phenoxy) is 2. The van der Waals surface area contributed by atoms with Crippen LogP contribution in [0.3, 0.4) is 0 Å². The molecule has 1 unspecified atom stereocenters. The molecule has 1 amide bonds. The molecule has 0 fully saturated rings. The Balaban J connectivity index is 2.32. The van der Waals surface area contributed by atoms with Gasteiger partial charge in [0.2, 0.25) is 5.91 Å². The number of hydrogen-bond acceptors (Lipinski definition) is 6. The zero-order chi connectivity index (χ0) is 21.8. The van der Waals surface area contributed by atoms with Crippen LogP contribution in [-0.4, -0.2) is 54.6 Å². The monoisotopic (exact) mass is 421 g/mol. The van der Waals surface area contributed by atoms with Gasteiger partial charge in [0.15, 0.2) is 0 Å². The van der Waals surface area contributed by atoms with Gasteiger partial charge in [-0.15, -0.1) is 0 Å². The maximum absolute atomic E-state index is 12.1. The highest BCUT2D eigenvalue weighted by atomic mass is 28.3. The first kappa shape index (κ1) is 22.9. The van der Waals surface area contributed by atoms with Crippen LogP contribution in [0.2, 0.25) is 25.7 Å². The number of carbonyl (C=O) groups excluding carboxylic acids is 2. The standard InChI is InChI=1S/C20H31N3O5Si/c1-13-9-18-15(10-19(13)25)16(11-17(20(26)27-3)21-14(2)24)22-23(18)12-28-7-8-29(4,5)6/h9-10,17,25H,7-8,11-12H2,1-6H3,(H,21,24). The molecule has 8 nitrogen and oxygen atoms in total. The van der Waals surface area contributed by atoms with Crippen LogP contribution in [0.4, 0.5) is 0 Å². The molecule has 1 aromatic heterocycles. The van der Waals surface area contributed by atoms with E-state index in [0.29, 0.717) is 17.7 Å². The van der Waals surface area contributed by atoms with E-state index < -0.39 is 20.1 Å². The number of amides is 1. The number of aromatic hydroxyl groups is 1. The number of hydrogen-bond donors (Lipinski definition) is 2. The van der Waals surface area contributed by atoms with Crippen LogP contribution in [0.15, 0.2) is 12.1 Å². The number of methoxy groups -OCH3 is 1. The van der Waals surface area contributed by atoms with Gasteiger partial charge in [-0.3, -0.25) is 4.79 Å². The van der Waals surface area contributed by atoms with Crippen molar-refractivity contribution in [1.82, 2.24) is 15.1 Å². The molecule has 0 aliphatic heterocycles. The van der Waals surface area contributed by atoms with Gasteiger partial charge in [0.1, 0.15) is 18.5 Å². The van der Waals surface area contributed by atoms with E-state index >= 15 is 0 Å². The summed E-state index contributed by atoms with van der Waals surface area (Å²) < 4.78 is 12.4. The first-order valence-electron chi connectivity index (χ1n) is 9.63. The summed E-state index contributed by atoms with van der Waals surface area (Å²) in [6.45, 7) is 11.0. The van der Waals surface area contributed by atoms with Gasteiger partial charge in [-0.2, -0.15) is 5.10 Å². The van der Waals surface area contributed by atoms with Crippen molar-refractivity contribution in [3.63, 3.8) is 0 Å². The van der Waals surface area contributed by atoms with Crippen molar-refractivity contribution in [2.24, 2.45) is 0 Å². The molecule has 2 rings (SSSR count). The normalized spacial score (nSPS) is 12.8. The number of aromatic nitrogens is 2. The second-order valence-electron chi connectivity index (χ2n) is 8.43. The van der Waals surface area contributed by atoms with Crippen molar-refractivity contribution in [2.45, 2.75) is 58.7 Å². The van der Waals surface area contributed by atoms with E-state index in [2.05, 4.69) is 30.1 Å². The maximum atomic E-state index is 12.1. The Bertz CT molecular complexity index is 888. The Morgan fingerprint density at radius 1 is 1.31 bits per heavy atom. The molecule has 0 saturated carbocycles. The predicted octanol–water partition coefficient (Wildman–Crippen LogP) is 2.58. The lowest BCUT2D eigenvalue weighted by molar-refractivity contribution is -0.144. The highest BCUT2D eigenvalue weighted by Crippen LogP contribution is 2.28. The fourth-order valence-electron chi connectivity index (χ4n) is 2.93. The van der Waals surface area contributed by atoms with E-state index in [1.165, 1.54) is 14.0 Å². The number of carbonyl (C=O) groups is 2. The molecule has 0 saturated heterocycles. The second kappa shape index (κ2) is 9.40. The Hall–Kier alpha value is -2.39. The number of phenols is 1. The van der Waals surface area contributed by atoms with Crippen molar-refractivity contribution in [3.8, 4) is 5.75 Å². The third-order valence-corrected chi connectivity index (χ3v) is 6.32. The summed E-state index contributed by atoms with van der Waals surface area (Å²) in [7, 11) is 0.0793. The van der Waals surface area contributed by atoms with Crippen molar-refractivity contribution >= 4 is 30.9 Å². The smallest absolute Gasteiger partial charge is 0.328 e. The van der Waals surface area contributed by atoms with E-state index in [9.17, 15) is 14.7 Å². The lowest BCUT2D eigenvalue weighted by atomic mass is 10.1. The number of rotatable bonds is 9. The number of esters is 1. The molecule has 2 N–H and O–H groups in total.